The summed E-state index contributed by atoms with van der Waals surface area (Å²) in [6.07, 6.45) is 1.98. The van der Waals surface area contributed by atoms with Crippen LogP contribution >= 0.6 is 0 Å². The summed E-state index contributed by atoms with van der Waals surface area (Å²) in [6.45, 7) is 9.97. The van der Waals surface area contributed by atoms with Gasteiger partial charge in [-0.15, -0.1) is 0 Å². The first-order chi connectivity index (χ1) is 13.7. The van der Waals surface area contributed by atoms with Crippen LogP contribution in [-0.2, 0) is 11.2 Å². The van der Waals surface area contributed by atoms with Gasteiger partial charge in [0.1, 0.15) is 5.54 Å². The fourth-order valence-corrected chi connectivity index (χ4v) is 4.50. The summed E-state index contributed by atoms with van der Waals surface area (Å²) in [5.41, 5.74) is 1.11. The van der Waals surface area contributed by atoms with Crippen molar-refractivity contribution in [2.24, 2.45) is 11.8 Å². The highest BCUT2D eigenvalue weighted by atomic mass is 16.2. The predicted molar refractivity (Wildman–Crippen MR) is 113 cm³/mol. The normalized spacial score (nSPS) is 19.2. The SMILES string of the molecule is CC(C)Cc1ccc(C(=O)N2CCC3(CC2)C(=O)N(C)C(=O)N3CC(C)C)cc1. The molecule has 0 bridgehead atoms. The van der Waals surface area contributed by atoms with Crippen LogP contribution in [0, 0.1) is 11.8 Å². The van der Waals surface area contributed by atoms with Crippen molar-refractivity contribution in [3.05, 3.63) is 35.4 Å². The zero-order valence-corrected chi connectivity index (χ0v) is 18.3. The van der Waals surface area contributed by atoms with E-state index in [1.807, 2.05) is 43.0 Å². The number of nitrogens with zero attached hydrogens (tertiary/aromatic N) is 3. The summed E-state index contributed by atoms with van der Waals surface area (Å²) >= 11 is 0. The highest BCUT2D eigenvalue weighted by Crippen LogP contribution is 2.37. The van der Waals surface area contributed by atoms with Crippen molar-refractivity contribution in [1.29, 1.82) is 0 Å². The van der Waals surface area contributed by atoms with Crippen LogP contribution in [0.25, 0.3) is 0 Å². The molecule has 0 atom stereocenters. The van der Waals surface area contributed by atoms with Gasteiger partial charge < -0.3 is 9.80 Å². The van der Waals surface area contributed by atoms with E-state index in [0.29, 0.717) is 44.0 Å². The lowest BCUT2D eigenvalue weighted by atomic mass is 9.85. The first kappa shape index (κ1) is 21.3. The van der Waals surface area contributed by atoms with Crippen LogP contribution < -0.4 is 0 Å². The first-order valence-corrected chi connectivity index (χ1v) is 10.6. The Balaban J connectivity index is 1.71. The van der Waals surface area contributed by atoms with Gasteiger partial charge in [0.15, 0.2) is 0 Å². The number of imide groups is 1. The van der Waals surface area contributed by atoms with Gasteiger partial charge in [0.2, 0.25) is 0 Å². The summed E-state index contributed by atoms with van der Waals surface area (Å²) in [7, 11) is 1.56. The Labute approximate surface area is 173 Å². The molecule has 6 nitrogen and oxygen atoms in total. The molecule has 2 saturated heterocycles. The van der Waals surface area contributed by atoms with Crippen molar-refractivity contribution < 1.29 is 14.4 Å². The minimum Gasteiger partial charge on any atom is -0.338 e. The molecule has 3 rings (SSSR count). The molecule has 1 aromatic rings. The summed E-state index contributed by atoms with van der Waals surface area (Å²) in [6, 6.07) is 7.62. The highest BCUT2D eigenvalue weighted by molar-refractivity contribution is 6.07. The molecule has 0 radical (unpaired) electrons. The molecule has 2 aliphatic heterocycles. The Kier molecular flexibility index (Phi) is 6.01. The number of carbonyl (C=O) groups excluding carboxylic acids is 3. The zero-order valence-electron chi connectivity index (χ0n) is 18.3. The number of rotatable bonds is 5. The maximum absolute atomic E-state index is 13.0. The van der Waals surface area contributed by atoms with Crippen LogP contribution in [0.2, 0.25) is 0 Å². The molecule has 0 aliphatic carbocycles. The van der Waals surface area contributed by atoms with Crippen molar-refractivity contribution in [2.45, 2.75) is 52.5 Å². The average molecular weight is 400 g/mol. The minimum atomic E-state index is -0.798. The molecular weight excluding hydrogens is 366 g/mol. The number of likely N-dealkylation sites (N-methyl/N-ethyl adjacent to an activating group) is 1. The monoisotopic (exact) mass is 399 g/mol. The molecule has 6 heteroatoms. The number of urea groups is 1. The Hall–Kier alpha value is -2.37. The lowest BCUT2D eigenvalue weighted by Crippen LogP contribution is -2.58. The minimum absolute atomic E-state index is 0.00326. The van der Waals surface area contributed by atoms with Crippen molar-refractivity contribution in [3.8, 4) is 0 Å². The maximum Gasteiger partial charge on any atom is 0.327 e. The summed E-state index contributed by atoms with van der Waals surface area (Å²) < 4.78 is 0. The number of carbonyl (C=O) groups is 3. The molecule has 4 amide bonds. The van der Waals surface area contributed by atoms with Crippen molar-refractivity contribution in [3.63, 3.8) is 0 Å². The molecule has 29 heavy (non-hydrogen) atoms. The smallest absolute Gasteiger partial charge is 0.327 e. The Morgan fingerprint density at radius 3 is 2.10 bits per heavy atom. The van der Waals surface area contributed by atoms with E-state index < -0.39 is 5.54 Å². The van der Waals surface area contributed by atoms with Crippen LogP contribution in [0.15, 0.2) is 24.3 Å². The Morgan fingerprint density at radius 1 is 1.00 bits per heavy atom. The molecule has 0 unspecified atom stereocenters. The second kappa shape index (κ2) is 8.17. The average Bonchev–Trinajstić information content (AvgIpc) is 2.84. The molecule has 1 spiro atoms. The maximum atomic E-state index is 13.0. The van der Waals surface area contributed by atoms with Gasteiger partial charge in [0, 0.05) is 32.2 Å². The number of likely N-dealkylation sites (tertiary alicyclic amines) is 1. The third kappa shape index (κ3) is 4.02. The van der Waals surface area contributed by atoms with Gasteiger partial charge in [0.25, 0.3) is 11.8 Å². The van der Waals surface area contributed by atoms with E-state index in [1.54, 1.807) is 11.9 Å². The van der Waals surface area contributed by atoms with Crippen LogP contribution in [0.3, 0.4) is 0 Å². The number of hydrogen-bond donors (Lipinski definition) is 0. The Bertz CT molecular complexity index is 777. The third-order valence-corrected chi connectivity index (χ3v) is 6.01. The molecule has 0 saturated carbocycles. The largest absolute Gasteiger partial charge is 0.338 e. The van der Waals surface area contributed by atoms with Crippen LogP contribution in [0.1, 0.15) is 56.5 Å². The van der Waals surface area contributed by atoms with Gasteiger partial charge in [0.05, 0.1) is 0 Å². The summed E-state index contributed by atoms with van der Waals surface area (Å²) in [5, 5.41) is 0. The Morgan fingerprint density at radius 2 is 1.59 bits per heavy atom. The van der Waals surface area contributed by atoms with Crippen LogP contribution in [0.5, 0.6) is 0 Å². The van der Waals surface area contributed by atoms with Crippen molar-refractivity contribution >= 4 is 17.8 Å². The van der Waals surface area contributed by atoms with Gasteiger partial charge in [-0.05, 0) is 48.8 Å². The van der Waals surface area contributed by atoms with E-state index in [-0.39, 0.29) is 23.8 Å². The lowest BCUT2D eigenvalue weighted by molar-refractivity contribution is -0.134. The quantitative estimate of drug-likeness (QED) is 0.713. The van der Waals surface area contributed by atoms with Gasteiger partial charge >= 0.3 is 6.03 Å². The van der Waals surface area contributed by atoms with Crippen molar-refractivity contribution in [1.82, 2.24) is 14.7 Å². The molecular formula is C23H33N3O3. The second-order valence-electron chi connectivity index (χ2n) is 9.27. The summed E-state index contributed by atoms with van der Waals surface area (Å²) in [4.78, 5) is 43.3. The number of hydrogen-bond acceptors (Lipinski definition) is 3. The zero-order chi connectivity index (χ0) is 21.3. The summed E-state index contributed by atoms with van der Waals surface area (Å²) in [5.74, 6) is 0.720. The topological polar surface area (TPSA) is 60.9 Å². The molecule has 2 fully saturated rings. The second-order valence-corrected chi connectivity index (χ2v) is 9.27. The van der Waals surface area contributed by atoms with E-state index >= 15 is 0 Å². The molecule has 2 aliphatic rings. The van der Waals surface area contributed by atoms with E-state index in [9.17, 15) is 14.4 Å². The molecule has 0 aromatic heterocycles. The van der Waals surface area contributed by atoms with E-state index in [4.69, 9.17) is 0 Å². The number of benzene rings is 1. The van der Waals surface area contributed by atoms with Crippen LogP contribution in [-0.4, -0.2) is 64.8 Å². The number of piperidine rings is 1. The molecule has 2 heterocycles. The molecule has 1 aromatic carbocycles. The van der Waals surface area contributed by atoms with Gasteiger partial charge in [-0.1, -0.05) is 39.8 Å². The third-order valence-electron chi connectivity index (χ3n) is 6.01. The van der Waals surface area contributed by atoms with E-state index in [1.165, 1.54) is 10.5 Å². The standard InChI is InChI=1S/C23H33N3O3/c1-16(2)14-18-6-8-19(9-7-18)20(27)25-12-10-23(11-13-25)21(28)24(5)22(29)26(23)15-17(3)4/h6-9,16-17H,10-15H2,1-5H3. The van der Waals surface area contributed by atoms with Crippen molar-refractivity contribution in [2.75, 3.05) is 26.7 Å². The highest BCUT2D eigenvalue weighted by Gasteiger charge is 2.57. The van der Waals surface area contributed by atoms with Gasteiger partial charge in [-0.3, -0.25) is 14.5 Å². The van der Waals surface area contributed by atoms with Gasteiger partial charge in [-0.2, -0.15) is 0 Å². The van der Waals surface area contributed by atoms with Gasteiger partial charge in [-0.25, -0.2) is 4.79 Å². The van der Waals surface area contributed by atoms with Crippen LogP contribution in [0.4, 0.5) is 4.79 Å². The fourth-order valence-electron chi connectivity index (χ4n) is 4.50. The van der Waals surface area contributed by atoms with E-state index in [0.717, 1.165) is 6.42 Å². The lowest BCUT2D eigenvalue weighted by Gasteiger charge is -2.42. The molecule has 158 valence electrons. The molecule has 0 N–H and O–H groups in total. The fraction of sp³-hybridized carbons (Fsp3) is 0.609. The predicted octanol–water partition coefficient (Wildman–Crippen LogP) is 3.41. The first-order valence-electron chi connectivity index (χ1n) is 10.6. The van der Waals surface area contributed by atoms with E-state index in [2.05, 4.69) is 13.8 Å². The number of amides is 4.